The van der Waals surface area contributed by atoms with E-state index in [0.29, 0.717) is 13.0 Å². The molecule has 1 aromatic heterocycles. The lowest BCUT2D eigenvalue weighted by Crippen LogP contribution is -2.32. The van der Waals surface area contributed by atoms with Crippen molar-refractivity contribution in [2.24, 2.45) is 13.0 Å². The Morgan fingerprint density at radius 1 is 1.32 bits per heavy atom. The van der Waals surface area contributed by atoms with Gasteiger partial charge in [-0.25, -0.2) is 0 Å². The van der Waals surface area contributed by atoms with Crippen molar-refractivity contribution in [3.63, 3.8) is 0 Å². The molecule has 0 spiro atoms. The van der Waals surface area contributed by atoms with E-state index in [4.69, 9.17) is 0 Å². The third kappa shape index (κ3) is 3.18. The second kappa shape index (κ2) is 6.59. The first-order valence-electron chi connectivity index (χ1n) is 9.04. The Labute approximate surface area is 147 Å². The van der Waals surface area contributed by atoms with Crippen molar-refractivity contribution in [1.82, 2.24) is 20.1 Å². The predicted octanol–water partition coefficient (Wildman–Crippen LogP) is 1.59. The van der Waals surface area contributed by atoms with Crippen molar-refractivity contribution < 1.29 is 9.90 Å². The summed E-state index contributed by atoms with van der Waals surface area (Å²) in [7, 11) is 1.92. The van der Waals surface area contributed by atoms with Crippen LogP contribution in [-0.2, 0) is 19.9 Å². The SMILES string of the molecule is Cn1cnnc1[C@H]1C[C@H](CNC(=O)c2ccc3c(c2)CCC3)[C@H](O)C1. The first-order chi connectivity index (χ1) is 12.1. The maximum Gasteiger partial charge on any atom is 0.251 e. The number of aryl methyl sites for hydroxylation is 3. The van der Waals surface area contributed by atoms with Gasteiger partial charge < -0.3 is 15.0 Å². The summed E-state index contributed by atoms with van der Waals surface area (Å²) in [6.07, 6.45) is 6.13. The third-order valence-corrected chi connectivity index (χ3v) is 5.65. The Morgan fingerprint density at radius 2 is 2.16 bits per heavy atom. The van der Waals surface area contributed by atoms with Crippen molar-refractivity contribution in [2.75, 3.05) is 6.54 Å². The molecule has 0 saturated heterocycles. The monoisotopic (exact) mass is 340 g/mol. The van der Waals surface area contributed by atoms with E-state index in [1.807, 2.05) is 23.7 Å². The van der Waals surface area contributed by atoms with E-state index < -0.39 is 6.10 Å². The van der Waals surface area contributed by atoms with Crippen molar-refractivity contribution in [3.05, 3.63) is 47.0 Å². The van der Waals surface area contributed by atoms with Crippen LogP contribution >= 0.6 is 0 Å². The van der Waals surface area contributed by atoms with Gasteiger partial charge in [-0.05, 0) is 55.4 Å². The van der Waals surface area contributed by atoms with Crippen molar-refractivity contribution in [2.45, 2.75) is 44.1 Å². The summed E-state index contributed by atoms with van der Waals surface area (Å²) < 4.78 is 1.91. The molecule has 2 N–H and O–H groups in total. The maximum atomic E-state index is 12.5. The summed E-state index contributed by atoms with van der Waals surface area (Å²) in [6.45, 7) is 0.492. The molecular weight excluding hydrogens is 316 g/mol. The standard InChI is InChI=1S/C19H24N4O2/c1-23-11-21-22-18(23)15-8-16(17(24)9-15)10-20-19(25)14-6-5-12-3-2-4-13(12)7-14/h5-7,11,15-17,24H,2-4,8-10H2,1H3,(H,20,25)/t15-,16+,17+/m0/s1. The number of hydrogen-bond donors (Lipinski definition) is 2. The van der Waals surface area contributed by atoms with E-state index in [-0.39, 0.29) is 17.7 Å². The number of carbonyl (C=O) groups is 1. The van der Waals surface area contributed by atoms with Gasteiger partial charge in [-0.2, -0.15) is 0 Å². The zero-order valence-electron chi connectivity index (χ0n) is 14.5. The Balaban J connectivity index is 1.36. The molecule has 3 atom stereocenters. The fourth-order valence-electron chi connectivity index (χ4n) is 4.23. The van der Waals surface area contributed by atoms with E-state index in [2.05, 4.69) is 21.6 Å². The van der Waals surface area contributed by atoms with Crippen LogP contribution in [0.15, 0.2) is 24.5 Å². The van der Waals surface area contributed by atoms with Gasteiger partial charge in [-0.3, -0.25) is 4.79 Å². The van der Waals surface area contributed by atoms with Gasteiger partial charge in [0.05, 0.1) is 6.10 Å². The predicted molar refractivity (Wildman–Crippen MR) is 93.3 cm³/mol. The van der Waals surface area contributed by atoms with E-state index in [0.717, 1.165) is 30.7 Å². The number of nitrogens with zero attached hydrogens (tertiary/aromatic N) is 3. The van der Waals surface area contributed by atoms with Gasteiger partial charge in [0.1, 0.15) is 12.2 Å². The van der Waals surface area contributed by atoms with Gasteiger partial charge >= 0.3 is 0 Å². The fraction of sp³-hybridized carbons (Fsp3) is 0.526. The molecule has 1 amide bonds. The molecule has 1 heterocycles. The van der Waals surface area contributed by atoms with E-state index >= 15 is 0 Å². The molecule has 25 heavy (non-hydrogen) atoms. The van der Waals surface area contributed by atoms with Crippen molar-refractivity contribution in [3.8, 4) is 0 Å². The summed E-state index contributed by atoms with van der Waals surface area (Å²) in [6, 6.07) is 6.00. The molecule has 132 valence electrons. The molecule has 0 radical (unpaired) electrons. The van der Waals surface area contributed by atoms with Crippen LogP contribution in [0.4, 0.5) is 0 Å². The first kappa shape index (κ1) is 16.3. The molecule has 0 aliphatic heterocycles. The molecular formula is C19H24N4O2. The minimum Gasteiger partial charge on any atom is -0.393 e. The summed E-state index contributed by atoms with van der Waals surface area (Å²) in [5.74, 6) is 1.11. The molecule has 0 bridgehead atoms. The lowest BCUT2D eigenvalue weighted by atomic mass is 10.0. The van der Waals surface area contributed by atoms with Crippen molar-refractivity contribution >= 4 is 5.91 Å². The van der Waals surface area contributed by atoms with Gasteiger partial charge in [0.15, 0.2) is 0 Å². The number of aromatic nitrogens is 3. The maximum absolute atomic E-state index is 12.5. The third-order valence-electron chi connectivity index (χ3n) is 5.65. The van der Waals surface area contributed by atoms with Crippen LogP contribution in [0.2, 0.25) is 0 Å². The molecule has 6 nitrogen and oxygen atoms in total. The normalized spacial score (nSPS) is 25.1. The van der Waals surface area contributed by atoms with Crippen LogP contribution in [0.25, 0.3) is 0 Å². The molecule has 4 rings (SSSR count). The molecule has 1 fully saturated rings. The first-order valence-corrected chi connectivity index (χ1v) is 9.04. The zero-order valence-corrected chi connectivity index (χ0v) is 14.5. The summed E-state index contributed by atoms with van der Waals surface area (Å²) >= 11 is 0. The Hall–Kier alpha value is -2.21. The van der Waals surface area contributed by atoms with Crippen molar-refractivity contribution in [1.29, 1.82) is 0 Å². The average Bonchev–Trinajstić information content (AvgIpc) is 3.31. The number of fused-ring (bicyclic) bond motifs is 1. The number of aliphatic hydroxyl groups excluding tert-OH is 1. The highest BCUT2D eigenvalue weighted by molar-refractivity contribution is 5.94. The molecule has 1 aromatic carbocycles. The Morgan fingerprint density at radius 3 is 2.96 bits per heavy atom. The van der Waals surface area contributed by atoms with Crippen LogP contribution in [-0.4, -0.2) is 38.4 Å². The van der Waals surface area contributed by atoms with Gasteiger partial charge in [0, 0.05) is 31.0 Å². The molecule has 0 unspecified atom stereocenters. The quantitative estimate of drug-likeness (QED) is 0.886. The highest BCUT2D eigenvalue weighted by Crippen LogP contribution is 2.37. The number of aliphatic hydroxyl groups is 1. The van der Waals surface area contributed by atoms with Gasteiger partial charge in [0.2, 0.25) is 0 Å². The summed E-state index contributed by atoms with van der Waals surface area (Å²) in [4.78, 5) is 12.5. The van der Waals surface area contributed by atoms with E-state index in [1.54, 1.807) is 6.33 Å². The number of carbonyl (C=O) groups excluding carboxylic acids is 1. The lowest BCUT2D eigenvalue weighted by molar-refractivity contribution is 0.0916. The lowest BCUT2D eigenvalue weighted by Gasteiger charge is -2.15. The molecule has 6 heteroatoms. The Bertz CT molecular complexity index is 785. The molecule has 2 aromatic rings. The highest BCUT2D eigenvalue weighted by atomic mass is 16.3. The number of rotatable bonds is 4. The molecule has 1 saturated carbocycles. The fourth-order valence-corrected chi connectivity index (χ4v) is 4.23. The topological polar surface area (TPSA) is 80.0 Å². The van der Waals surface area contributed by atoms with Gasteiger partial charge in [-0.1, -0.05) is 6.07 Å². The van der Waals surface area contributed by atoms with Gasteiger partial charge in [-0.15, -0.1) is 10.2 Å². The smallest absolute Gasteiger partial charge is 0.251 e. The zero-order chi connectivity index (χ0) is 17.4. The number of nitrogens with one attached hydrogen (secondary N) is 1. The number of benzene rings is 1. The number of amides is 1. The summed E-state index contributed by atoms with van der Waals surface area (Å²) in [5.41, 5.74) is 3.39. The van der Waals surface area contributed by atoms with Crippen LogP contribution in [0, 0.1) is 5.92 Å². The second-order valence-corrected chi connectivity index (χ2v) is 7.34. The van der Waals surface area contributed by atoms with Crippen LogP contribution in [0.1, 0.15) is 52.5 Å². The minimum absolute atomic E-state index is 0.0518. The minimum atomic E-state index is -0.415. The number of hydrogen-bond acceptors (Lipinski definition) is 4. The average molecular weight is 340 g/mol. The van der Waals surface area contributed by atoms with Crippen LogP contribution in [0.3, 0.4) is 0 Å². The van der Waals surface area contributed by atoms with Gasteiger partial charge in [0.25, 0.3) is 5.91 Å². The second-order valence-electron chi connectivity index (χ2n) is 7.34. The molecule has 2 aliphatic carbocycles. The molecule has 2 aliphatic rings. The van der Waals surface area contributed by atoms with Crippen LogP contribution in [0.5, 0.6) is 0 Å². The highest BCUT2D eigenvalue weighted by Gasteiger charge is 2.36. The summed E-state index contributed by atoms with van der Waals surface area (Å²) in [5, 5.41) is 21.4. The van der Waals surface area contributed by atoms with E-state index in [9.17, 15) is 9.90 Å². The van der Waals surface area contributed by atoms with Crippen LogP contribution < -0.4 is 5.32 Å². The Kier molecular flexibility index (Phi) is 4.29. The largest absolute Gasteiger partial charge is 0.393 e. The van der Waals surface area contributed by atoms with E-state index in [1.165, 1.54) is 17.5 Å².